The van der Waals surface area contributed by atoms with Crippen molar-refractivity contribution >= 4 is 5.78 Å². The molecular weight excluding hydrogens is 888 g/mol. The Balaban J connectivity index is 0. The number of fused-ring (bicyclic) bond motifs is 1. The van der Waals surface area contributed by atoms with Crippen LogP contribution in [0.5, 0.6) is 23.0 Å². The summed E-state index contributed by atoms with van der Waals surface area (Å²) in [5.74, 6) is -1.70. The van der Waals surface area contributed by atoms with Crippen molar-refractivity contribution in [3.05, 3.63) is 52.4 Å². The van der Waals surface area contributed by atoms with Gasteiger partial charge in [0.1, 0.15) is 54.2 Å². The van der Waals surface area contributed by atoms with E-state index in [-0.39, 0.29) is 87.4 Å². The van der Waals surface area contributed by atoms with Gasteiger partial charge in [-0.05, 0) is 18.6 Å². The van der Waals surface area contributed by atoms with Crippen LogP contribution in [0, 0.1) is 4.91 Å². The molecule has 280 valence electrons. The molecule has 49 heavy (non-hydrogen) atoms. The molecule has 3 aliphatic rings. The minimum absolute atomic E-state index is 0. The Morgan fingerprint density at radius 2 is 1.49 bits per heavy atom. The van der Waals surface area contributed by atoms with Crippen molar-refractivity contribution in [1.29, 1.82) is 0 Å². The monoisotopic (exact) mass is 924 g/mol. The maximum atomic E-state index is 12.9. The minimum atomic E-state index is -1.77. The third-order valence-electron chi connectivity index (χ3n) is 7.39. The summed E-state index contributed by atoms with van der Waals surface area (Å²) in [4.78, 5) is 20.9. The second-order valence-corrected chi connectivity index (χ2v) is 10.3. The molecule has 2 aromatic carbocycles. The topological polar surface area (TPSA) is 350 Å². The Morgan fingerprint density at radius 1 is 0.898 bits per heavy atom. The van der Waals surface area contributed by atoms with Crippen LogP contribution >= 0.6 is 0 Å². The molecule has 19 nitrogen and oxygen atoms in total. The Morgan fingerprint density at radius 3 is 2.06 bits per heavy atom. The fourth-order valence-corrected chi connectivity index (χ4v) is 5.05. The zero-order valence-corrected chi connectivity index (χ0v) is 29.3. The molecule has 0 amide bonds. The standard InChI is InChI=1S/C27H32O14.2ClH.HNO2.2H3N.Pt/c1-10-20(32)22(34)24(36)26(37-10)41-25-23(35)21(33)18(9-28)40-27(25)38-13-6-14(30)19-15(31)8-16(39-17(19)7-13)11-2-4-12(29)5-3-11;;;2-1-3;;;/h2-7,10,16,18,20-30,32-36H,8-9H2,1H3;2*1H;(H,2,3);2*1H3;/q;;;;;;+4/p-4/t10-,16?,18+,20-,21+,22+,23-,24+,25+,26?,27+;;;;;;/m0....../s1. The van der Waals surface area contributed by atoms with Gasteiger partial charge in [0.05, 0.1) is 24.7 Å². The SMILES string of the molecule is C[C@@H]1OC(O[C@H]2[C@H](Oc3cc([O-])c4c(c3)OC(c3ccc([O-])cc3)CC4=O)O[C@H](CO)[C@@H](O)[C@@H]2O)[C@H](O)[C@H](O)[C@H]1O.N.N.O=NO.[Cl-].[Cl-].[Pt+4]. The third kappa shape index (κ3) is 10.8. The summed E-state index contributed by atoms with van der Waals surface area (Å²) in [6.45, 7) is 0.689. The van der Waals surface area contributed by atoms with Crippen LogP contribution in [-0.4, -0.2) is 110 Å². The molecule has 5 rings (SSSR count). The Labute approximate surface area is 305 Å². The minimum Gasteiger partial charge on any atom is -1.00 e. The van der Waals surface area contributed by atoms with E-state index >= 15 is 0 Å². The molecular formula is C27H37Cl2N3O16Pt. The van der Waals surface area contributed by atoms with E-state index in [1.807, 2.05) is 0 Å². The second kappa shape index (κ2) is 21.0. The number of benzene rings is 2. The fourth-order valence-electron chi connectivity index (χ4n) is 5.05. The van der Waals surface area contributed by atoms with Crippen molar-refractivity contribution in [1.82, 2.24) is 12.3 Å². The Hall–Kier alpha value is -2.46. The molecule has 2 aromatic rings. The van der Waals surface area contributed by atoms with E-state index in [4.69, 9.17) is 33.8 Å². The van der Waals surface area contributed by atoms with E-state index in [2.05, 4.69) is 0 Å². The molecule has 2 unspecified atom stereocenters. The molecule has 3 aliphatic heterocycles. The van der Waals surface area contributed by atoms with Crippen LogP contribution in [0.25, 0.3) is 0 Å². The van der Waals surface area contributed by atoms with Crippen LogP contribution in [0.4, 0.5) is 0 Å². The first-order valence-corrected chi connectivity index (χ1v) is 13.3. The van der Waals surface area contributed by atoms with Crippen molar-refractivity contribution in [3.63, 3.8) is 0 Å². The largest absolute Gasteiger partial charge is 4.00 e. The zero-order chi connectivity index (χ0) is 32.3. The summed E-state index contributed by atoms with van der Waals surface area (Å²) in [6, 6.07) is 7.92. The summed E-state index contributed by atoms with van der Waals surface area (Å²) in [5.41, 5.74) is 0.345. The maximum absolute atomic E-state index is 12.9. The average molecular weight is 926 g/mol. The van der Waals surface area contributed by atoms with Crippen LogP contribution in [0.3, 0.4) is 0 Å². The van der Waals surface area contributed by atoms with Crippen LogP contribution in [0.15, 0.2) is 41.7 Å². The van der Waals surface area contributed by atoms with Gasteiger partial charge in [-0.1, -0.05) is 30.0 Å². The number of hydrogen-bond acceptors (Lipinski definition) is 18. The molecule has 2 saturated heterocycles. The molecule has 11 atom stereocenters. The molecule has 0 spiro atoms. The molecule has 0 aliphatic carbocycles. The Kier molecular flexibility index (Phi) is 20.9. The summed E-state index contributed by atoms with van der Waals surface area (Å²) < 4.78 is 28.4. The zero-order valence-electron chi connectivity index (χ0n) is 25.5. The van der Waals surface area contributed by atoms with E-state index in [0.717, 1.165) is 6.07 Å². The van der Waals surface area contributed by atoms with Gasteiger partial charge in [0.2, 0.25) is 6.29 Å². The first-order valence-electron chi connectivity index (χ1n) is 13.3. The predicted octanol–water partition coefficient (Wildman–Crippen LogP) is -7.96. The van der Waals surface area contributed by atoms with E-state index in [1.165, 1.54) is 42.6 Å². The van der Waals surface area contributed by atoms with Crippen LogP contribution in [0.2, 0.25) is 0 Å². The number of ketones is 1. The van der Waals surface area contributed by atoms with Gasteiger partial charge in [0, 0.05) is 6.07 Å². The van der Waals surface area contributed by atoms with Gasteiger partial charge in [-0.3, -0.25) is 4.79 Å². The molecule has 0 radical (unpaired) electrons. The van der Waals surface area contributed by atoms with Gasteiger partial charge >= 0.3 is 21.1 Å². The Bertz CT molecular complexity index is 1320. The molecule has 0 saturated carbocycles. The predicted molar refractivity (Wildman–Crippen MR) is 147 cm³/mol. The van der Waals surface area contributed by atoms with E-state index < -0.39 is 85.7 Å². The van der Waals surface area contributed by atoms with Gasteiger partial charge in [0.25, 0.3) is 0 Å². The van der Waals surface area contributed by atoms with E-state index in [0.29, 0.717) is 5.56 Å². The number of Topliss-reactive ketones (excluding diaryl/α,β-unsaturated/α-hetero) is 1. The van der Waals surface area contributed by atoms with Gasteiger partial charge in [-0.25, -0.2) is 0 Å². The molecule has 2 fully saturated rings. The molecule has 0 aromatic heterocycles. The van der Waals surface area contributed by atoms with Crippen LogP contribution < -0.4 is 56.8 Å². The third-order valence-corrected chi connectivity index (χ3v) is 7.39. The fraction of sp³-hybridized carbons (Fsp3) is 0.519. The van der Waals surface area contributed by atoms with Gasteiger partial charge in [-0.15, -0.1) is 10.7 Å². The summed E-state index contributed by atoms with van der Waals surface area (Å²) >= 11 is 0. The van der Waals surface area contributed by atoms with Crippen molar-refractivity contribution in [2.24, 2.45) is 5.34 Å². The molecule has 13 N–H and O–H groups in total. The van der Waals surface area contributed by atoms with Crippen LogP contribution in [0.1, 0.15) is 35.4 Å². The first-order chi connectivity index (χ1) is 20.9. The number of aliphatic hydroxyl groups excluding tert-OH is 6. The first kappa shape index (κ1) is 48.7. The number of halogens is 2. The number of carbonyl (C=O) groups is 1. The van der Waals surface area contributed by atoms with Crippen molar-refractivity contribution in [2.45, 2.75) is 80.9 Å². The number of hydrogen-bond donors (Lipinski definition) is 9. The van der Waals surface area contributed by atoms with Crippen molar-refractivity contribution < 1.29 is 120 Å². The molecule has 22 heteroatoms. The normalized spacial score (nSPS) is 31.4. The number of nitrogens with zero attached hydrogens (tertiary/aromatic N) is 1. The summed E-state index contributed by atoms with van der Waals surface area (Å²) in [5, 5.41) is 93.6. The summed E-state index contributed by atoms with van der Waals surface area (Å²) in [6.07, 6.45) is -16.3. The van der Waals surface area contributed by atoms with Gasteiger partial charge < -0.3 is 107 Å². The maximum Gasteiger partial charge on any atom is 4.00 e. The molecule has 3 heterocycles. The second-order valence-electron chi connectivity index (χ2n) is 10.3. The van der Waals surface area contributed by atoms with Gasteiger partial charge in [-0.2, -0.15) is 0 Å². The van der Waals surface area contributed by atoms with E-state index in [1.54, 1.807) is 0 Å². The van der Waals surface area contributed by atoms with E-state index in [9.17, 15) is 45.6 Å². The van der Waals surface area contributed by atoms with Crippen molar-refractivity contribution in [3.8, 4) is 23.0 Å². The number of carbonyl (C=O) groups excluding carboxylic acids is 1. The molecule has 0 bridgehead atoms. The number of rotatable bonds is 6. The van der Waals surface area contributed by atoms with Gasteiger partial charge in [0.15, 0.2) is 23.5 Å². The average Bonchev–Trinajstić information content (AvgIpc) is 2.98. The number of aliphatic hydroxyl groups is 6. The quantitative estimate of drug-likeness (QED) is 0.0960. The van der Waals surface area contributed by atoms with Crippen molar-refractivity contribution in [2.75, 3.05) is 6.61 Å². The van der Waals surface area contributed by atoms with Crippen LogP contribution in [-0.2, 0) is 35.3 Å². The smallest absolute Gasteiger partial charge is 1.00 e. The number of ether oxygens (including phenoxy) is 5. The summed E-state index contributed by atoms with van der Waals surface area (Å²) in [7, 11) is 0.